The maximum Gasteiger partial charge on any atom is 0.233 e. The highest BCUT2D eigenvalue weighted by atomic mass is 35.5. The molecule has 2 N–H and O–H groups in total. The molecular formula is C14H20ClFN2OS. The number of likely N-dealkylation sites (tertiary alicyclic amines) is 1. The number of benzene rings is 1. The number of hydrogen-bond donors (Lipinski definition) is 1. The van der Waals surface area contributed by atoms with Crippen LogP contribution in [-0.2, 0) is 4.79 Å². The minimum Gasteiger partial charge on any atom is -0.339 e. The molecule has 0 bridgehead atoms. The fraction of sp³-hybridized carbons (Fsp3) is 0.500. The molecule has 1 heterocycles. The lowest BCUT2D eigenvalue weighted by Gasteiger charge is -2.21. The summed E-state index contributed by atoms with van der Waals surface area (Å²) in [5, 5.41) is 0. The Kier molecular flexibility index (Phi) is 6.79. The predicted octanol–water partition coefficient (Wildman–Crippen LogP) is 2.54. The van der Waals surface area contributed by atoms with Crippen LogP contribution in [0.15, 0.2) is 29.2 Å². The maximum atomic E-state index is 12.8. The second-order valence-corrected chi connectivity index (χ2v) is 6.02. The van der Waals surface area contributed by atoms with Gasteiger partial charge in [-0.2, -0.15) is 0 Å². The molecular weight excluding hydrogens is 299 g/mol. The average molecular weight is 319 g/mol. The molecule has 20 heavy (non-hydrogen) atoms. The fourth-order valence-corrected chi connectivity index (χ4v) is 3.20. The molecule has 0 saturated carbocycles. The third-order valence-electron chi connectivity index (χ3n) is 3.49. The Labute approximate surface area is 129 Å². The summed E-state index contributed by atoms with van der Waals surface area (Å²) in [4.78, 5) is 15.0. The van der Waals surface area contributed by atoms with Gasteiger partial charge in [-0.25, -0.2) is 4.39 Å². The van der Waals surface area contributed by atoms with Gasteiger partial charge < -0.3 is 10.6 Å². The van der Waals surface area contributed by atoms with Gasteiger partial charge in [0.2, 0.25) is 5.91 Å². The first-order valence-corrected chi connectivity index (χ1v) is 7.46. The van der Waals surface area contributed by atoms with E-state index in [2.05, 4.69) is 6.92 Å². The van der Waals surface area contributed by atoms with Gasteiger partial charge in [-0.15, -0.1) is 24.2 Å². The van der Waals surface area contributed by atoms with Crippen LogP contribution >= 0.6 is 24.2 Å². The standard InChI is InChI=1S/C14H19FN2OS.ClH/c1-10-6-11(7-16)8-17(10)14(18)9-19-13-4-2-12(15)3-5-13;/h2-5,10-11H,6-9,16H2,1H3;1H. The van der Waals surface area contributed by atoms with E-state index in [0.29, 0.717) is 18.2 Å². The fourth-order valence-electron chi connectivity index (χ4n) is 2.42. The number of nitrogens with zero attached hydrogens (tertiary/aromatic N) is 1. The third-order valence-corrected chi connectivity index (χ3v) is 4.49. The van der Waals surface area contributed by atoms with Crippen LogP contribution in [0.1, 0.15) is 13.3 Å². The summed E-state index contributed by atoms with van der Waals surface area (Å²) >= 11 is 1.45. The molecule has 2 unspecified atom stereocenters. The molecule has 0 spiro atoms. The van der Waals surface area contributed by atoms with Crippen LogP contribution in [0.25, 0.3) is 0 Å². The van der Waals surface area contributed by atoms with Crippen molar-refractivity contribution in [2.24, 2.45) is 11.7 Å². The molecule has 1 aromatic carbocycles. The Morgan fingerprint density at radius 2 is 2.10 bits per heavy atom. The summed E-state index contributed by atoms with van der Waals surface area (Å²) in [6.07, 6.45) is 0.990. The number of hydrogen-bond acceptors (Lipinski definition) is 3. The van der Waals surface area contributed by atoms with E-state index in [1.807, 2.05) is 4.90 Å². The second kappa shape index (κ2) is 7.86. The Balaban J connectivity index is 0.00000200. The molecule has 1 fully saturated rings. The van der Waals surface area contributed by atoms with Gasteiger partial charge >= 0.3 is 0 Å². The lowest BCUT2D eigenvalue weighted by molar-refractivity contribution is -0.128. The number of carbonyl (C=O) groups excluding carboxylic acids is 1. The van der Waals surface area contributed by atoms with Crippen molar-refractivity contribution in [2.75, 3.05) is 18.8 Å². The smallest absolute Gasteiger partial charge is 0.233 e. The van der Waals surface area contributed by atoms with Crippen LogP contribution in [0.3, 0.4) is 0 Å². The molecule has 1 aromatic rings. The molecule has 1 amide bonds. The van der Waals surface area contributed by atoms with Crippen molar-refractivity contribution in [3.05, 3.63) is 30.1 Å². The Morgan fingerprint density at radius 3 is 2.65 bits per heavy atom. The molecule has 0 aliphatic carbocycles. The summed E-state index contributed by atoms with van der Waals surface area (Å²) in [6, 6.07) is 6.49. The number of carbonyl (C=O) groups is 1. The van der Waals surface area contributed by atoms with E-state index in [9.17, 15) is 9.18 Å². The summed E-state index contributed by atoms with van der Waals surface area (Å²) in [5.74, 6) is 0.704. The SMILES string of the molecule is CC1CC(CN)CN1C(=O)CSc1ccc(F)cc1.Cl. The van der Waals surface area contributed by atoms with E-state index in [-0.39, 0.29) is 30.2 Å². The molecule has 112 valence electrons. The van der Waals surface area contributed by atoms with Crippen molar-refractivity contribution in [2.45, 2.75) is 24.3 Å². The monoisotopic (exact) mass is 318 g/mol. The quantitative estimate of drug-likeness (QED) is 0.868. The molecule has 0 radical (unpaired) electrons. The normalized spacial score (nSPS) is 21.6. The minimum absolute atomic E-state index is 0. The van der Waals surface area contributed by atoms with Gasteiger partial charge in [0.25, 0.3) is 0 Å². The van der Waals surface area contributed by atoms with E-state index in [0.717, 1.165) is 17.9 Å². The molecule has 0 aromatic heterocycles. The van der Waals surface area contributed by atoms with Gasteiger partial charge in [0, 0.05) is 17.5 Å². The zero-order valence-electron chi connectivity index (χ0n) is 11.4. The van der Waals surface area contributed by atoms with Crippen molar-refractivity contribution < 1.29 is 9.18 Å². The first-order chi connectivity index (χ1) is 9.10. The summed E-state index contributed by atoms with van der Waals surface area (Å²) in [6.45, 7) is 3.47. The van der Waals surface area contributed by atoms with Crippen molar-refractivity contribution in [1.29, 1.82) is 0 Å². The average Bonchev–Trinajstić information content (AvgIpc) is 2.79. The maximum absolute atomic E-state index is 12.8. The summed E-state index contributed by atoms with van der Waals surface area (Å²) in [7, 11) is 0. The number of amides is 1. The van der Waals surface area contributed by atoms with Crippen molar-refractivity contribution >= 4 is 30.1 Å². The molecule has 6 heteroatoms. The van der Waals surface area contributed by atoms with Gasteiger partial charge in [0.05, 0.1) is 5.75 Å². The summed E-state index contributed by atoms with van der Waals surface area (Å²) < 4.78 is 12.8. The van der Waals surface area contributed by atoms with Crippen LogP contribution in [0, 0.1) is 11.7 Å². The largest absolute Gasteiger partial charge is 0.339 e. The highest BCUT2D eigenvalue weighted by molar-refractivity contribution is 8.00. The number of halogens is 2. The number of thioether (sulfide) groups is 1. The van der Waals surface area contributed by atoms with E-state index in [1.165, 1.54) is 23.9 Å². The van der Waals surface area contributed by atoms with E-state index < -0.39 is 0 Å². The molecule has 1 aliphatic heterocycles. The Hall–Kier alpha value is -0.780. The zero-order chi connectivity index (χ0) is 13.8. The first-order valence-electron chi connectivity index (χ1n) is 6.48. The van der Waals surface area contributed by atoms with Gasteiger partial charge in [0.1, 0.15) is 5.82 Å². The zero-order valence-corrected chi connectivity index (χ0v) is 13.1. The summed E-state index contributed by atoms with van der Waals surface area (Å²) in [5.41, 5.74) is 5.66. The molecule has 3 nitrogen and oxygen atoms in total. The Bertz CT molecular complexity index is 443. The lowest BCUT2D eigenvalue weighted by Crippen LogP contribution is -2.35. The van der Waals surface area contributed by atoms with Crippen LogP contribution in [0.5, 0.6) is 0 Å². The van der Waals surface area contributed by atoms with Crippen LogP contribution in [0.2, 0.25) is 0 Å². The van der Waals surface area contributed by atoms with Gasteiger partial charge in [0.15, 0.2) is 0 Å². The van der Waals surface area contributed by atoms with Crippen LogP contribution in [-0.4, -0.2) is 35.7 Å². The third kappa shape index (κ3) is 4.36. The van der Waals surface area contributed by atoms with Crippen molar-refractivity contribution in [3.8, 4) is 0 Å². The van der Waals surface area contributed by atoms with Crippen LogP contribution in [0.4, 0.5) is 4.39 Å². The molecule has 1 aliphatic rings. The van der Waals surface area contributed by atoms with Gasteiger partial charge in [-0.3, -0.25) is 4.79 Å². The molecule has 1 saturated heterocycles. The van der Waals surface area contributed by atoms with Crippen LogP contribution < -0.4 is 5.73 Å². The van der Waals surface area contributed by atoms with E-state index >= 15 is 0 Å². The molecule has 2 rings (SSSR count). The predicted molar refractivity (Wildman–Crippen MR) is 82.7 cm³/mol. The van der Waals surface area contributed by atoms with E-state index in [1.54, 1.807) is 12.1 Å². The van der Waals surface area contributed by atoms with Gasteiger partial charge in [-0.05, 0) is 50.1 Å². The number of nitrogens with two attached hydrogens (primary N) is 1. The lowest BCUT2D eigenvalue weighted by atomic mass is 10.1. The second-order valence-electron chi connectivity index (χ2n) is 4.98. The highest BCUT2D eigenvalue weighted by Gasteiger charge is 2.31. The van der Waals surface area contributed by atoms with E-state index in [4.69, 9.17) is 5.73 Å². The number of rotatable bonds is 4. The topological polar surface area (TPSA) is 46.3 Å². The van der Waals surface area contributed by atoms with Gasteiger partial charge in [-0.1, -0.05) is 0 Å². The Morgan fingerprint density at radius 1 is 1.45 bits per heavy atom. The highest BCUT2D eigenvalue weighted by Crippen LogP contribution is 2.25. The molecule has 2 atom stereocenters. The first kappa shape index (κ1) is 17.3. The minimum atomic E-state index is -0.255. The van der Waals surface area contributed by atoms with Crippen molar-refractivity contribution in [3.63, 3.8) is 0 Å². The van der Waals surface area contributed by atoms with Crippen molar-refractivity contribution in [1.82, 2.24) is 4.90 Å².